The number of benzene rings is 2. The number of methoxy groups -OCH3 is 1. The highest BCUT2D eigenvalue weighted by atomic mass is 16.5. The summed E-state index contributed by atoms with van der Waals surface area (Å²) in [5.74, 6) is 0.992. The molecule has 0 bridgehead atoms. The molecule has 1 fully saturated rings. The van der Waals surface area contributed by atoms with Crippen LogP contribution in [0.4, 0.5) is 5.69 Å². The molecule has 1 heterocycles. The van der Waals surface area contributed by atoms with Crippen LogP contribution >= 0.6 is 0 Å². The summed E-state index contributed by atoms with van der Waals surface area (Å²) in [5, 5.41) is 2.97. The van der Waals surface area contributed by atoms with Gasteiger partial charge in [-0.15, -0.1) is 0 Å². The van der Waals surface area contributed by atoms with Crippen molar-refractivity contribution >= 4 is 17.5 Å². The smallest absolute Gasteiger partial charge is 0.238 e. The van der Waals surface area contributed by atoms with Gasteiger partial charge in [-0.05, 0) is 54.7 Å². The fraction of sp³-hybridized carbons (Fsp3) is 0.440. The first kappa shape index (κ1) is 22.8. The van der Waals surface area contributed by atoms with Crippen molar-refractivity contribution in [3.63, 3.8) is 0 Å². The lowest BCUT2D eigenvalue weighted by Gasteiger charge is -2.22. The lowest BCUT2D eigenvalue weighted by molar-refractivity contribution is -0.131. The third-order valence-electron chi connectivity index (χ3n) is 5.74. The Bertz CT molecular complexity index is 849. The van der Waals surface area contributed by atoms with E-state index in [2.05, 4.69) is 17.1 Å². The second-order valence-electron chi connectivity index (χ2n) is 7.96. The molecule has 166 valence electrons. The lowest BCUT2D eigenvalue weighted by atomic mass is 10.1. The second kappa shape index (κ2) is 11.5. The van der Waals surface area contributed by atoms with E-state index >= 15 is 0 Å². The van der Waals surface area contributed by atoms with Gasteiger partial charge >= 0.3 is 0 Å². The first-order chi connectivity index (χ1) is 15.1. The summed E-state index contributed by atoms with van der Waals surface area (Å²) in [5.41, 5.74) is 3.21. The van der Waals surface area contributed by atoms with E-state index in [1.54, 1.807) is 7.11 Å². The van der Waals surface area contributed by atoms with E-state index in [-0.39, 0.29) is 11.8 Å². The van der Waals surface area contributed by atoms with Crippen molar-refractivity contribution in [3.8, 4) is 5.75 Å². The average Bonchev–Trinajstić information content (AvgIpc) is 3.04. The Balaban J connectivity index is 1.42. The van der Waals surface area contributed by atoms with Crippen molar-refractivity contribution in [1.82, 2.24) is 9.80 Å². The van der Waals surface area contributed by atoms with Gasteiger partial charge in [-0.3, -0.25) is 14.5 Å². The van der Waals surface area contributed by atoms with Gasteiger partial charge in [0.05, 0.1) is 13.7 Å². The standard InChI is InChI=1S/C25H33N3O3/c1-3-20-5-10-22(11-6-20)26-24(29)19-27-15-4-16-28(18-17-27)25(30)14-9-21-7-12-23(31-2)13-8-21/h5-8,10-13H,3-4,9,14-19H2,1-2H3,(H,26,29). The van der Waals surface area contributed by atoms with Crippen molar-refractivity contribution in [2.24, 2.45) is 0 Å². The molecule has 0 saturated carbocycles. The van der Waals surface area contributed by atoms with Crippen molar-refractivity contribution in [2.45, 2.75) is 32.6 Å². The fourth-order valence-electron chi connectivity index (χ4n) is 3.81. The number of carbonyl (C=O) groups excluding carboxylic acids is 2. The topological polar surface area (TPSA) is 61.9 Å². The van der Waals surface area contributed by atoms with E-state index in [0.29, 0.717) is 19.5 Å². The van der Waals surface area contributed by atoms with E-state index in [1.807, 2.05) is 53.4 Å². The molecule has 0 unspecified atom stereocenters. The van der Waals surface area contributed by atoms with E-state index in [9.17, 15) is 9.59 Å². The predicted octanol–water partition coefficient (Wildman–Crippen LogP) is 3.36. The monoisotopic (exact) mass is 423 g/mol. The van der Waals surface area contributed by atoms with Gasteiger partial charge in [0.15, 0.2) is 0 Å². The lowest BCUT2D eigenvalue weighted by Crippen LogP contribution is -2.38. The molecule has 31 heavy (non-hydrogen) atoms. The van der Waals surface area contributed by atoms with Crippen LogP contribution < -0.4 is 10.1 Å². The molecule has 3 rings (SSSR count). The summed E-state index contributed by atoms with van der Waals surface area (Å²) in [6, 6.07) is 15.8. The molecule has 6 heteroatoms. The number of hydrogen-bond acceptors (Lipinski definition) is 4. The molecular weight excluding hydrogens is 390 g/mol. The summed E-state index contributed by atoms with van der Waals surface area (Å²) in [6.07, 6.45) is 3.09. The van der Waals surface area contributed by atoms with Gasteiger partial charge in [0.1, 0.15) is 5.75 Å². The van der Waals surface area contributed by atoms with Gasteiger partial charge in [-0.25, -0.2) is 0 Å². The predicted molar refractivity (Wildman–Crippen MR) is 123 cm³/mol. The Hall–Kier alpha value is -2.86. The maximum atomic E-state index is 12.7. The van der Waals surface area contributed by atoms with Crippen LogP contribution in [-0.2, 0) is 22.4 Å². The van der Waals surface area contributed by atoms with E-state index in [0.717, 1.165) is 55.9 Å². The largest absolute Gasteiger partial charge is 0.497 e. The van der Waals surface area contributed by atoms with Crippen LogP contribution in [0.2, 0.25) is 0 Å². The fourth-order valence-corrected chi connectivity index (χ4v) is 3.81. The third kappa shape index (κ3) is 7.10. The first-order valence-electron chi connectivity index (χ1n) is 11.1. The summed E-state index contributed by atoms with van der Waals surface area (Å²) < 4.78 is 5.18. The Morgan fingerprint density at radius 2 is 1.65 bits per heavy atom. The minimum absolute atomic E-state index is 0.0106. The quantitative estimate of drug-likeness (QED) is 0.707. The van der Waals surface area contributed by atoms with Crippen LogP contribution in [0.5, 0.6) is 5.75 Å². The van der Waals surface area contributed by atoms with Crippen LogP contribution in [0.15, 0.2) is 48.5 Å². The second-order valence-corrected chi connectivity index (χ2v) is 7.96. The Morgan fingerprint density at radius 3 is 2.32 bits per heavy atom. The number of ether oxygens (including phenoxy) is 1. The molecule has 6 nitrogen and oxygen atoms in total. The number of amides is 2. The van der Waals surface area contributed by atoms with E-state index < -0.39 is 0 Å². The van der Waals surface area contributed by atoms with Gasteiger partial charge in [0, 0.05) is 38.3 Å². The summed E-state index contributed by atoms with van der Waals surface area (Å²) in [4.78, 5) is 29.2. The van der Waals surface area contributed by atoms with Crippen LogP contribution in [-0.4, -0.2) is 61.4 Å². The highest BCUT2D eigenvalue weighted by molar-refractivity contribution is 5.92. The summed E-state index contributed by atoms with van der Waals surface area (Å²) in [7, 11) is 1.65. The number of hydrogen-bond donors (Lipinski definition) is 1. The van der Waals surface area contributed by atoms with Crippen molar-refractivity contribution < 1.29 is 14.3 Å². The van der Waals surface area contributed by atoms with Crippen molar-refractivity contribution in [3.05, 3.63) is 59.7 Å². The van der Waals surface area contributed by atoms with Crippen molar-refractivity contribution in [2.75, 3.05) is 45.2 Å². The molecule has 1 saturated heterocycles. The molecule has 2 aromatic rings. The first-order valence-corrected chi connectivity index (χ1v) is 11.1. The highest BCUT2D eigenvalue weighted by Crippen LogP contribution is 2.14. The molecule has 0 aromatic heterocycles. The highest BCUT2D eigenvalue weighted by Gasteiger charge is 2.20. The summed E-state index contributed by atoms with van der Waals surface area (Å²) in [6.45, 7) is 5.42. The van der Waals surface area contributed by atoms with E-state index in [1.165, 1.54) is 5.56 Å². The molecule has 1 aliphatic rings. The van der Waals surface area contributed by atoms with Gasteiger partial charge in [-0.1, -0.05) is 31.2 Å². The zero-order chi connectivity index (χ0) is 22.1. The maximum Gasteiger partial charge on any atom is 0.238 e. The zero-order valence-corrected chi connectivity index (χ0v) is 18.6. The Labute approximate surface area is 185 Å². The molecule has 0 radical (unpaired) electrons. The SMILES string of the molecule is CCc1ccc(NC(=O)CN2CCCN(C(=O)CCc3ccc(OC)cc3)CC2)cc1. The molecule has 0 spiro atoms. The molecule has 2 aromatic carbocycles. The molecule has 2 amide bonds. The van der Waals surface area contributed by atoms with Crippen LogP contribution in [0.1, 0.15) is 30.9 Å². The zero-order valence-electron chi connectivity index (χ0n) is 18.6. The summed E-state index contributed by atoms with van der Waals surface area (Å²) >= 11 is 0. The number of rotatable bonds is 8. The van der Waals surface area contributed by atoms with Gasteiger partial charge in [0.25, 0.3) is 0 Å². The van der Waals surface area contributed by atoms with E-state index in [4.69, 9.17) is 4.74 Å². The van der Waals surface area contributed by atoms with Gasteiger partial charge < -0.3 is 15.0 Å². The van der Waals surface area contributed by atoms with Crippen LogP contribution in [0.3, 0.4) is 0 Å². The number of aryl methyl sites for hydroxylation is 2. The molecule has 1 N–H and O–H groups in total. The van der Waals surface area contributed by atoms with Crippen molar-refractivity contribution in [1.29, 1.82) is 0 Å². The normalized spacial score (nSPS) is 14.7. The Kier molecular flexibility index (Phi) is 8.47. The number of anilines is 1. The average molecular weight is 424 g/mol. The minimum atomic E-state index is -0.0106. The molecule has 1 aliphatic heterocycles. The minimum Gasteiger partial charge on any atom is -0.497 e. The molecule has 0 aliphatic carbocycles. The number of nitrogens with one attached hydrogen (secondary N) is 1. The van der Waals surface area contributed by atoms with Gasteiger partial charge in [-0.2, -0.15) is 0 Å². The number of carbonyl (C=O) groups is 2. The van der Waals surface area contributed by atoms with Crippen LogP contribution in [0, 0.1) is 0 Å². The van der Waals surface area contributed by atoms with Gasteiger partial charge in [0.2, 0.25) is 11.8 Å². The van der Waals surface area contributed by atoms with Crippen LogP contribution in [0.25, 0.3) is 0 Å². The molecule has 0 atom stereocenters. The third-order valence-corrected chi connectivity index (χ3v) is 5.74. The maximum absolute atomic E-state index is 12.7. The Morgan fingerprint density at radius 1 is 0.935 bits per heavy atom. The number of nitrogens with zero attached hydrogens (tertiary/aromatic N) is 2. The molecular formula is C25H33N3O3.